The number of carbonyl (C=O) groups is 1. The molecule has 0 radical (unpaired) electrons. The lowest BCUT2D eigenvalue weighted by Crippen LogP contribution is -2.11. The molecule has 1 rings (SSSR count). The zero-order valence-electron chi connectivity index (χ0n) is 8.66. The van der Waals surface area contributed by atoms with Crippen molar-refractivity contribution >= 4 is 5.97 Å². The molecule has 0 spiro atoms. The van der Waals surface area contributed by atoms with Gasteiger partial charge >= 0.3 is 5.97 Å². The summed E-state index contributed by atoms with van der Waals surface area (Å²) in [6.45, 7) is 4.03. The van der Waals surface area contributed by atoms with E-state index in [0.717, 1.165) is 6.07 Å². The van der Waals surface area contributed by atoms with E-state index in [1.54, 1.807) is 0 Å². The van der Waals surface area contributed by atoms with Crippen LogP contribution in [0.4, 0.5) is 4.39 Å². The Bertz CT molecular complexity index is 361. The van der Waals surface area contributed by atoms with Crippen LogP contribution in [0.15, 0.2) is 18.2 Å². The highest BCUT2D eigenvalue weighted by molar-refractivity contribution is 5.89. The minimum Gasteiger partial charge on any atom is -0.508 e. The zero-order chi connectivity index (χ0) is 11.4. The number of aromatic hydroxyl groups is 1. The van der Waals surface area contributed by atoms with Crippen molar-refractivity contribution in [2.75, 3.05) is 6.61 Å². The molecule has 0 unspecified atom stereocenters. The number of hydrogen-bond donors (Lipinski definition) is 1. The van der Waals surface area contributed by atoms with Crippen LogP contribution in [0.5, 0.6) is 5.75 Å². The van der Waals surface area contributed by atoms with Gasteiger partial charge in [0.1, 0.15) is 11.6 Å². The molecule has 0 amide bonds. The molecule has 0 bridgehead atoms. The van der Waals surface area contributed by atoms with Gasteiger partial charge in [-0.3, -0.25) is 0 Å². The summed E-state index contributed by atoms with van der Waals surface area (Å²) >= 11 is 0. The monoisotopic (exact) mass is 212 g/mol. The van der Waals surface area contributed by atoms with E-state index in [0.29, 0.717) is 0 Å². The lowest BCUT2D eigenvalue weighted by molar-refractivity contribution is 0.0453. The molecule has 1 aromatic carbocycles. The molecule has 3 nitrogen and oxygen atoms in total. The van der Waals surface area contributed by atoms with E-state index in [9.17, 15) is 9.18 Å². The second-order valence-corrected chi connectivity index (χ2v) is 3.66. The normalized spacial score (nSPS) is 10.4. The van der Waals surface area contributed by atoms with Gasteiger partial charge in [0.05, 0.1) is 12.2 Å². The summed E-state index contributed by atoms with van der Waals surface area (Å²) in [5.41, 5.74) is -0.159. The maximum atomic E-state index is 13.2. The Morgan fingerprint density at radius 3 is 2.73 bits per heavy atom. The maximum absolute atomic E-state index is 13.2. The van der Waals surface area contributed by atoms with Crippen LogP contribution in [0.2, 0.25) is 0 Å². The van der Waals surface area contributed by atoms with Gasteiger partial charge in [-0.2, -0.15) is 0 Å². The summed E-state index contributed by atoms with van der Waals surface area (Å²) in [4.78, 5) is 11.3. The van der Waals surface area contributed by atoms with E-state index in [4.69, 9.17) is 9.84 Å². The first-order chi connectivity index (χ1) is 7.00. The molecule has 0 heterocycles. The van der Waals surface area contributed by atoms with Crippen molar-refractivity contribution < 1.29 is 19.0 Å². The molecular formula is C11H13FO3. The Morgan fingerprint density at radius 1 is 1.53 bits per heavy atom. The highest BCUT2D eigenvalue weighted by Gasteiger charge is 2.13. The smallest absolute Gasteiger partial charge is 0.341 e. The summed E-state index contributed by atoms with van der Waals surface area (Å²) in [5.74, 6) is -1.49. The Kier molecular flexibility index (Phi) is 3.66. The van der Waals surface area contributed by atoms with Gasteiger partial charge in [0.2, 0.25) is 0 Å². The van der Waals surface area contributed by atoms with Crippen molar-refractivity contribution in [3.05, 3.63) is 29.6 Å². The fourth-order valence-corrected chi connectivity index (χ4v) is 0.990. The van der Waals surface area contributed by atoms with Crippen molar-refractivity contribution in [3.8, 4) is 5.75 Å². The lowest BCUT2D eigenvalue weighted by Gasteiger charge is -2.07. The van der Waals surface area contributed by atoms with E-state index in [2.05, 4.69) is 0 Å². The Labute approximate surface area is 87.5 Å². The predicted octanol–water partition coefficient (Wildman–Crippen LogP) is 2.34. The Balaban J connectivity index is 2.74. The molecule has 15 heavy (non-hydrogen) atoms. The van der Waals surface area contributed by atoms with Gasteiger partial charge in [0.15, 0.2) is 0 Å². The van der Waals surface area contributed by atoms with Gasteiger partial charge < -0.3 is 9.84 Å². The van der Waals surface area contributed by atoms with Crippen molar-refractivity contribution in [2.24, 2.45) is 5.92 Å². The number of hydrogen-bond acceptors (Lipinski definition) is 3. The third-order valence-corrected chi connectivity index (χ3v) is 1.72. The minimum absolute atomic E-state index is 0.159. The first kappa shape index (κ1) is 11.5. The Morgan fingerprint density at radius 2 is 2.20 bits per heavy atom. The first-order valence-electron chi connectivity index (χ1n) is 4.66. The summed E-state index contributed by atoms with van der Waals surface area (Å²) in [6, 6.07) is 3.33. The van der Waals surface area contributed by atoms with Gasteiger partial charge in [-0.25, -0.2) is 9.18 Å². The third kappa shape index (κ3) is 3.23. The molecule has 82 valence electrons. The number of halogens is 1. The van der Waals surface area contributed by atoms with Crippen LogP contribution in [0, 0.1) is 11.7 Å². The van der Waals surface area contributed by atoms with Crippen LogP contribution in [0.1, 0.15) is 24.2 Å². The number of phenols is 1. The van der Waals surface area contributed by atoms with E-state index in [1.807, 2.05) is 13.8 Å². The van der Waals surface area contributed by atoms with Gasteiger partial charge in [-0.15, -0.1) is 0 Å². The number of carbonyl (C=O) groups excluding carboxylic acids is 1. The van der Waals surface area contributed by atoms with Gasteiger partial charge in [-0.05, 0) is 18.1 Å². The number of benzene rings is 1. The standard InChI is InChI=1S/C11H13FO3/c1-7(2)6-15-11(14)9-4-3-8(13)5-10(9)12/h3-5,7,13H,6H2,1-2H3. The SMILES string of the molecule is CC(C)COC(=O)c1ccc(O)cc1F. The largest absolute Gasteiger partial charge is 0.508 e. The maximum Gasteiger partial charge on any atom is 0.341 e. The molecule has 0 saturated heterocycles. The molecule has 0 aliphatic heterocycles. The highest BCUT2D eigenvalue weighted by atomic mass is 19.1. The average molecular weight is 212 g/mol. The summed E-state index contributed by atoms with van der Waals surface area (Å²) in [7, 11) is 0. The average Bonchev–Trinajstić information content (AvgIpc) is 2.14. The molecule has 0 atom stereocenters. The molecule has 1 N–H and O–H groups in total. The van der Waals surface area contributed by atoms with Crippen molar-refractivity contribution in [3.63, 3.8) is 0 Å². The van der Waals surface area contributed by atoms with Crippen molar-refractivity contribution in [1.29, 1.82) is 0 Å². The quantitative estimate of drug-likeness (QED) is 0.782. The summed E-state index contributed by atoms with van der Waals surface area (Å²) in [5, 5.41) is 8.95. The van der Waals surface area contributed by atoms with E-state index < -0.39 is 11.8 Å². The first-order valence-corrected chi connectivity index (χ1v) is 4.66. The highest BCUT2D eigenvalue weighted by Crippen LogP contribution is 2.16. The van der Waals surface area contributed by atoms with Crippen molar-refractivity contribution in [1.82, 2.24) is 0 Å². The molecule has 0 aliphatic rings. The zero-order valence-corrected chi connectivity index (χ0v) is 8.66. The van der Waals surface area contributed by atoms with Gasteiger partial charge in [-0.1, -0.05) is 13.8 Å². The van der Waals surface area contributed by atoms with Crippen LogP contribution in [-0.2, 0) is 4.74 Å². The minimum atomic E-state index is -0.774. The number of esters is 1. The van der Waals surface area contributed by atoms with E-state index in [1.165, 1.54) is 12.1 Å². The summed E-state index contributed by atoms with van der Waals surface area (Å²) in [6.07, 6.45) is 0. The molecule has 0 aliphatic carbocycles. The second kappa shape index (κ2) is 4.77. The third-order valence-electron chi connectivity index (χ3n) is 1.72. The summed E-state index contributed by atoms with van der Waals surface area (Å²) < 4.78 is 18.0. The molecule has 4 heteroatoms. The number of phenolic OH excluding ortho intramolecular Hbond substituents is 1. The molecule has 0 aromatic heterocycles. The molecule has 0 saturated carbocycles. The fourth-order valence-electron chi connectivity index (χ4n) is 0.990. The second-order valence-electron chi connectivity index (χ2n) is 3.66. The molecule has 0 fully saturated rings. The van der Waals surface area contributed by atoms with E-state index >= 15 is 0 Å². The molecule has 1 aromatic rings. The van der Waals surface area contributed by atoms with Crippen LogP contribution in [0.3, 0.4) is 0 Å². The van der Waals surface area contributed by atoms with Crippen molar-refractivity contribution in [2.45, 2.75) is 13.8 Å². The predicted molar refractivity (Wildman–Crippen MR) is 53.2 cm³/mol. The van der Waals surface area contributed by atoms with E-state index in [-0.39, 0.29) is 23.8 Å². The van der Waals surface area contributed by atoms with Gasteiger partial charge in [0.25, 0.3) is 0 Å². The Hall–Kier alpha value is -1.58. The number of ether oxygens (including phenoxy) is 1. The number of rotatable bonds is 3. The topological polar surface area (TPSA) is 46.5 Å². The lowest BCUT2D eigenvalue weighted by atomic mass is 10.2. The van der Waals surface area contributed by atoms with Crippen LogP contribution >= 0.6 is 0 Å². The van der Waals surface area contributed by atoms with Crippen LogP contribution in [0.25, 0.3) is 0 Å². The fraction of sp³-hybridized carbons (Fsp3) is 0.364. The van der Waals surface area contributed by atoms with Crippen LogP contribution < -0.4 is 0 Å². The van der Waals surface area contributed by atoms with Crippen LogP contribution in [-0.4, -0.2) is 17.7 Å². The van der Waals surface area contributed by atoms with Gasteiger partial charge in [0, 0.05) is 6.07 Å². The molecular weight excluding hydrogens is 199 g/mol.